The largest absolute Gasteiger partial charge is 0.372 e. The van der Waals surface area contributed by atoms with Crippen molar-refractivity contribution in [3.63, 3.8) is 0 Å². The number of nitrogens with one attached hydrogen (secondary N) is 1. The predicted molar refractivity (Wildman–Crippen MR) is 94.7 cm³/mol. The first-order valence-electron chi connectivity index (χ1n) is 8.41. The Balaban J connectivity index is 1.88. The lowest BCUT2D eigenvalue weighted by atomic mass is 9.85. The topological polar surface area (TPSA) is 69.6 Å². The molecule has 3 rings (SSSR count). The number of hydrogen-bond acceptors (Lipinski definition) is 3. The van der Waals surface area contributed by atoms with Crippen LogP contribution in [0.25, 0.3) is 0 Å². The smallest absolute Gasteiger partial charge is 0.261 e. The van der Waals surface area contributed by atoms with Crippen molar-refractivity contribution in [2.45, 2.75) is 25.0 Å². The second kappa shape index (κ2) is 7.07. The van der Waals surface area contributed by atoms with E-state index in [9.17, 15) is 14.7 Å². The van der Waals surface area contributed by atoms with Crippen LogP contribution in [0.1, 0.15) is 24.5 Å². The standard InChI is InChI=1S/C20H22N2O3/c1-15(23)22-13-12-18(14-22)21-19(24)20(25,16-8-4-2-5-9-16)17-10-6-3-7-11-17/h2-11,18,25H,12-14H2,1H3,(H,21,24). The normalized spacial score (nSPS) is 17.4. The molecule has 0 aliphatic carbocycles. The molecule has 1 fully saturated rings. The molecule has 1 heterocycles. The molecule has 1 atom stereocenters. The van der Waals surface area contributed by atoms with E-state index in [0.29, 0.717) is 30.6 Å². The highest BCUT2D eigenvalue weighted by Crippen LogP contribution is 2.30. The Kier molecular flexibility index (Phi) is 4.86. The van der Waals surface area contributed by atoms with Gasteiger partial charge in [0.2, 0.25) is 5.91 Å². The summed E-state index contributed by atoms with van der Waals surface area (Å²) in [5.74, 6) is -0.474. The number of hydrogen-bond donors (Lipinski definition) is 2. The van der Waals surface area contributed by atoms with Crippen LogP contribution in [-0.2, 0) is 15.2 Å². The maximum atomic E-state index is 13.0. The van der Waals surface area contributed by atoms with Crippen molar-refractivity contribution in [2.75, 3.05) is 13.1 Å². The number of carbonyl (C=O) groups is 2. The third-order valence-corrected chi connectivity index (χ3v) is 4.68. The van der Waals surface area contributed by atoms with E-state index >= 15 is 0 Å². The second-order valence-electron chi connectivity index (χ2n) is 6.37. The molecule has 2 aromatic rings. The first-order valence-corrected chi connectivity index (χ1v) is 8.41. The summed E-state index contributed by atoms with van der Waals surface area (Å²) in [7, 11) is 0. The van der Waals surface area contributed by atoms with Crippen LogP contribution in [0, 0.1) is 0 Å². The molecule has 2 amide bonds. The molecule has 25 heavy (non-hydrogen) atoms. The van der Waals surface area contributed by atoms with Crippen molar-refractivity contribution in [3.05, 3.63) is 71.8 Å². The maximum Gasteiger partial charge on any atom is 0.261 e. The van der Waals surface area contributed by atoms with Gasteiger partial charge in [-0.15, -0.1) is 0 Å². The number of nitrogens with zero attached hydrogens (tertiary/aromatic N) is 1. The number of amides is 2. The molecule has 5 heteroatoms. The lowest BCUT2D eigenvalue weighted by Gasteiger charge is -2.29. The second-order valence-corrected chi connectivity index (χ2v) is 6.37. The van der Waals surface area contributed by atoms with Crippen LogP contribution in [0.15, 0.2) is 60.7 Å². The Morgan fingerprint density at radius 3 is 2.00 bits per heavy atom. The third kappa shape index (κ3) is 3.42. The van der Waals surface area contributed by atoms with Crippen molar-refractivity contribution in [3.8, 4) is 0 Å². The first kappa shape index (κ1) is 17.2. The SMILES string of the molecule is CC(=O)N1CCC(NC(=O)C(O)(c2ccccc2)c2ccccc2)C1. The Labute approximate surface area is 147 Å². The molecule has 2 N–H and O–H groups in total. The van der Waals surface area contributed by atoms with E-state index in [-0.39, 0.29) is 11.9 Å². The molecular formula is C20H22N2O3. The van der Waals surface area contributed by atoms with Gasteiger partial charge in [-0.2, -0.15) is 0 Å². The van der Waals surface area contributed by atoms with Gasteiger partial charge in [0.1, 0.15) is 0 Å². The fourth-order valence-corrected chi connectivity index (χ4v) is 3.24. The van der Waals surface area contributed by atoms with Crippen molar-refractivity contribution >= 4 is 11.8 Å². The van der Waals surface area contributed by atoms with Crippen LogP contribution in [0.4, 0.5) is 0 Å². The van der Waals surface area contributed by atoms with Crippen LogP contribution >= 0.6 is 0 Å². The Morgan fingerprint density at radius 2 is 1.56 bits per heavy atom. The molecule has 1 aliphatic heterocycles. The minimum absolute atomic E-state index is 0.00173. The van der Waals surface area contributed by atoms with Crippen LogP contribution in [0.2, 0.25) is 0 Å². The lowest BCUT2D eigenvalue weighted by molar-refractivity contribution is -0.137. The van der Waals surface area contributed by atoms with Crippen LogP contribution < -0.4 is 5.32 Å². The average molecular weight is 338 g/mol. The molecule has 130 valence electrons. The van der Waals surface area contributed by atoms with E-state index in [1.54, 1.807) is 53.4 Å². The van der Waals surface area contributed by atoms with Gasteiger partial charge >= 0.3 is 0 Å². The van der Waals surface area contributed by atoms with E-state index in [4.69, 9.17) is 0 Å². The minimum atomic E-state index is -1.77. The molecule has 0 bridgehead atoms. The van der Waals surface area contributed by atoms with Gasteiger partial charge in [0.15, 0.2) is 5.60 Å². The van der Waals surface area contributed by atoms with E-state index in [1.807, 2.05) is 12.1 Å². The summed E-state index contributed by atoms with van der Waals surface area (Å²) in [5, 5.41) is 14.3. The summed E-state index contributed by atoms with van der Waals surface area (Å²) >= 11 is 0. The summed E-state index contributed by atoms with van der Waals surface area (Å²) < 4.78 is 0. The monoisotopic (exact) mass is 338 g/mol. The van der Waals surface area contributed by atoms with E-state index in [1.165, 1.54) is 6.92 Å². The van der Waals surface area contributed by atoms with Crippen molar-refractivity contribution < 1.29 is 14.7 Å². The van der Waals surface area contributed by atoms with Gasteiger partial charge in [0.25, 0.3) is 5.91 Å². The van der Waals surface area contributed by atoms with Crippen molar-refractivity contribution in [1.82, 2.24) is 10.2 Å². The van der Waals surface area contributed by atoms with Gasteiger partial charge in [-0.1, -0.05) is 60.7 Å². The fraction of sp³-hybridized carbons (Fsp3) is 0.300. The molecule has 2 aromatic carbocycles. The Morgan fingerprint density at radius 1 is 1.04 bits per heavy atom. The zero-order valence-corrected chi connectivity index (χ0v) is 14.2. The summed E-state index contributed by atoms with van der Waals surface area (Å²) in [6.07, 6.45) is 0.685. The third-order valence-electron chi connectivity index (χ3n) is 4.68. The van der Waals surface area contributed by atoms with Crippen molar-refractivity contribution in [2.24, 2.45) is 0 Å². The number of likely N-dealkylation sites (tertiary alicyclic amines) is 1. The molecular weight excluding hydrogens is 316 g/mol. The van der Waals surface area contributed by atoms with Gasteiger partial charge in [-0.3, -0.25) is 9.59 Å². The molecule has 1 saturated heterocycles. The number of benzene rings is 2. The molecule has 1 unspecified atom stereocenters. The first-order chi connectivity index (χ1) is 12.0. The highest BCUT2D eigenvalue weighted by molar-refractivity contribution is 5.90. The van der Waals surface area contributed by atoms with Crippen LogP contribution in [0.5, 0.6) is 0 Å². The van der Waals surface area contributed by atoms with Gasteiger partial charge < -0.3 is 15.3 Å². The van der Waals surface area contributed by atoms with Crippen LogP contribution in [0.3, 0.4) is 0 Å². The van der Waals surface area contributed by atoms with Gasteiger partial charge in [-0.25, -0.2) is 0 Å². The zero-order valence-electron chi connectivity index (χ0n) is 14.2. The number of carbonyl (C=O) groups excluding carboxylic acids is 2. The van der Waals surface area contributed by atoms with E-state index < -0.39 is 11.5 Å². The lowest BCUT2D eigenvalue weighted by Crippen LogP contribution is -2.49. The molecule has 0 radical (unpaired) electrons. The molecule has 0 aromatic heterocycles. The summed E-state index contributed by atoms with van der Waals surface area (Å²) in [6.45, 7) is 2.62. The molecule has 1 aliphatic rings. The summed E-state index contributed by atoms with van der Waals surface area (Å²) in [6, 6.07) is 17.7. The number of aliphatic hydroxyl groups is 1. The Bertz CT molecular complexity index is 707. The summed E-state index contributed by atoms with van der Waals surface area (Å²) in [5.41, 5.74) is -0.744. The quantitative estimate of drug-likeness (QED) is 0.891. The van der Waals surface area contributed by atoms with E-state index in [2.05, 4.69) is 5.32 Å². The predicted octanol–water partition coefficient (Wildman–Crippen LogP) is 1.66. The zero-order chi connectivity index (χ0) is 17.9. The molecule has 0 spiro atoms. The highest BCUT2D eigenvalue weighted by Gasteiger charge is 2.41. The van der Waals surface area contributed by atoms with Crippen LogP contribution in [-0.4, -0.2) is 41.0 Å². The van der Waals surface area contributed by atoms with Gasteiger partial charge in [0.05, 0.1) is 0 Å². The van der Waals surface area contributed by atoms with E-state index in [0.717, 1.165) is 0 Å². The molecule has 5 nitrogen and oxygen atoms in total. The fourth-order valence-electron chi connectivity index (χ4n) is 3.24. The van der Waals surface area contributed by atoms with Gasteiger partial charge in [-0.05, 0) is 17.5 Å². The average Bonchev–Trinajstić information content (AvgIpc) is 3.11. The number of rotatable bonds is 4. The van der Waals surface area contributed by atoms with Crippen molar-refractivity contribution in [1.29, 1.82) is 0 Å². The minimum Gasteiger partial charge on any atom is -0.372 e. The Hall–Kier alpha value is -2.66. The maximum absolute atomic E-state index is 13.0. The molecule has 0 saturated carbocycles. The van der Waals surface area contributed by atoms with Gasteiger partial charge in [0, 0.05) is 26.1 Å². The highest BCUT2D eigenvalue weighted by atomic mass is 16.3. The summed E-state index contributed by atoms with van der Waals surface area (Å²) in [4.78, 5) is 26.2.